The molecule has 4 heterocycles. The molecule has 1 N–H and O–H groups in total. The van der Waals surface area contributed by atoms with Gasteiger partial charge in [-0.1, -0.05) is 121 Å². The molecule has 3 aromatic heterocycles. The summed E-state index contributed by atoms with van der Waals surface area (Å²) in [5.41, 5.74) is 8.51. The molecule has 1 aliphatic rings. The number of nitrogens with one attached hydrogen (secondary N) is 1. The van der Waals surface area contributed by atoms with E-state index in [1.807, 2.05) is 29.5 Å². The van der Waals surface area contributed by atoms with E-state index in [9.17, 15) is 0 Å². The van der Waals surface area contributed by atoms with Crippen LogP contribution in [-0.4, -0.2) is 11.7 Å². The molecule has 0 fully saturated rings. The fraction of sp³-hybridized carbons (Fsp3) is 0.0204. The summed E-state index contributed by atoms with van der Waals surface area (Å²) in [6.45, 7) is 0. The molecule has 5 nitrogen and oxygen atoms in total. The number of furan rings is 2. The Hall–Kier alpha value is -7.02. The largest absolute Gasteiger partial charge is 0.456 e. The number of rotatable bonds is 4. The topological polar surface area (TPSA) is 63.0 Å². The molecule has 0 spiro atoms. The van der Waals surface area contributed by atoms with Crippen LogP contribution in [0.15, 0.2) is 183 Å². The van der Waals surface area contributed by atoms with Crippen LogP contribution < -0.4 is 5.32 Å². The molecule has 55 heavy (non-hydrogen) atoms. The van der Waals surface area contributed by atoms with Crippen LogP contribution in [0.5, 0.6) is 0 Å². The monoisotopic (exact) mass is 723 g/mol. The van der Waals surface area contributed by atoms with Crippen molar-refractivity contribution >= 4 is 97.8 Å². The Morgan fingerprint density at radius 1 is 0.455 bits per heavy atom. The van der Waals surface area contributed by atoms with Gasteiger partial charge in [-0.05, 0) is 58.8 Å². The van der Waals surface area contributed by atoms with E-state index in [4.69, 9.17) is 18.8 Å². The molecular formula is C49H29N3O2S. The van der Waals surface area contributed by atoms with Gasteiger partial charge in [-0.3, -0.25) is 0 Å². The zero-order valence-electron chi connectivity index (χ0n) is 29.3. The molecule has 12 rings (SSSR count). The summed E-state index contributed by atoms with van der Waals surface area (Å²) in [5.74, 6) is 1.57. The van der Waals surface area contributed by atoms with E-state index in [2.05, 4.69) is 151 Å². The Balaban J connectivity index is 1.04. The van der Waals surface area contributed by atoms with Crippen molar-refractivity contribution < 1.29 is 8.83 Å². The number of amidine groups is 2. The second kappa shape index (κ2) is 11.7. The maximum Gasteiger partial charge on any atom is 0.170 e. The standard InChI is InChI=1S/C49H29N3O2S/c1-2-10-29-25-31(20-19-28(29)9-1)47-50-48(32-21-23-36-35-12-4-6-18-43(35)55-44(36)27-32)52-49(51-47)38-15-8-17-42-45(38)37-14-7-13-33(46(37)54-42)30-22-24-41-39(26-30)34-11-3-5-16-40(34)53-41/h1-27,49H,(H,50,51,52). The van der Waals surface area contributed by atoms with Gasteiger partial charge in [0, 0.05) is 64.0 Å². The number of thiophene rings is 1. The second-order valence-electron chi connectivity index (χ2n) is 14.1. The van der Waals surface area contributed by atoms with Crippen molar-refractivity contribution in [2.45, 2.75) is 6.17 Å². The highest BCUT2D eigenvalue weighted by Gasteiger charge is 2.25. The molecule has 258 valence electrons. The lowest BCUT2D eigenvalue weighted by Crippen LogP contribution is -2.36. The van der Waals surface area contributed by atoms with Crippen molar-refractivity contribution in [2.75, 3.05) is 0 Å². The molecule has 11 aromatic rings. The van der Waals surface area contributed by atoms with Crippen molar-refractivity contribution in [2.24, 2.45) is 9.98 Å². The van der Waals surface area contributed by atoms with Gasteiger partial charge in [0.25, 0.3) is 0 Å². The minimum atomic E-state index is -0.516. The van der Waals surface area contributed by atoms with E-state index in [-0.39, 0.29) is 0 Å². The molecule has 1 atom stereocenters. The smallest absolute Gasteiger partial charge is 0.170 e. The van der Waals surface area contributed by atoms with Gasteiger partial charge in [-0.25, -0.2) is 9.98 Å². The molecule has 6 heteroatoms. The Morgan fingerprint density at radius 2 is 1.15 bits per heavy atom. The van der Waals surface area contributed by atoms with E-state index in [1.54, 1.807) is 0 Å². The lowest BCUT2D eigenvalue weighted by atomic mass is 9.98. The Kier molecular flexibility index (Phi) is 6.50. The van der Waals surface area contributed by atoms with E-state index >= 15 is 0 Å². The van der Waals surface area contributed by atoms with Gasteiger partial charge in [0.1, 0.15) is 34.0 Å². The minimum Gasteiger partial charge on any atom is -0.456 e. The summed E-state index contributed by atoms with van der Waals surface area (Å²) in [7, 11) is 0. The Labute approximate surface area is 318 Å². The molecular weight excluding hydrogens is 695 g/mol. The first-order valence-electron chi connectivity index (χ1n) is 18.4. The van der Waals surface area contributed by atoms with Crippen molar-refractivity contribution in [1.29, 1.82) is 0 Å². The van der Waals surface area contributed by atoms with Crippen LogP contribution in [0, 0.1) is 0 Å². The number of hydrogen-bond donors (Lipinski definition) is 1. The fourth-order valence-electron chi connectivity index (χ4n) is 8.30. The zero-order valence-corrected chi connectivity index (χ0v) is 30.1. The number of nitrogens with zero attached hydrogens (tertiary/aromatic N) is 2. The van der Waals surface area contributed by atoms with Gasteiger partial charge >= 0.3 is 0 Å². The molecule has 0 amide bonds. The summed E-state index contributed by atoms with van der Waals surface area (Å²) in [6, 6.07) is 57.4. The van der Waals surface area contributed by atoms with Crippen LogP contribution in [0.25, 0.3) is 85.9 Å². The zero-order chi connectivity index (χ0) is 36.0. The van der Waals surface area contributed by atoms with E-state index in [0.29, 0.717) is 0 Å². The van der Waals surface area contributed by atoms with Gasteiger partial charge in [0.05, 0.1) is 0 Å². The van der Waals surface area contributed by atoms with Crippen molar-refractivity contribution in [3.8, 4) is 11.1 Å². The number of fused-ring (bicyclic) bond motifs is 10. The highest BCUT2D eigenvalue weighted by atomic mass is 32.1. The summed E-state index contributed by atoms with van der Waals surface area (Å²) in [4.78, 5) is 10.7. The van der Waals surface area contributed by atoms with Crippen LogP contribution in [-0.2, 0) is 0 Å². The summed E-state index contributed by atoms with van der Waals surface area (Å²) in [6.07, 6.45) is -0.516. The van der Waals surface area contributed by atoms with E-state index in [1.165, 1.54) is 25.6 Å². The van der Waals surface area contributed by atoms with Crippen molar-refractivity contribution in [3.63, 3.8) is 0 Å². The third-order valence-electron chi connectivity index (χ3n) is 10.9. The van der Waals surface area contributed by atoms with E-state index in [0.717, 1.165) is 88.8 Å². The quantitative estimate of drug-likeness (QED) is 0.197. The number of aliphatic imine (C=N–C) groups is 2. The minimum absolute atomic E-state index is 0.516. The maximum atomic E-state index is 6.76. The third-order valence-corrected chi connectivity index (χ3v) is 12.1. The predicted octanol–water partition coefficient (Wildman–Crippen LogP) is 13.2. The van der Waals surface area contributed by atoms with Crippen molar-refractivity contribution in [1.82, 2.24) is 5.32 Å². The normalized spacial score (nSPS) is 14.7. The molecule has 0 saturated carbocycles. The number of para-hydroxylation sites is 2. The molecule has 1 aliphatic heterocycles. The highest BCUT2D eigenvalue weighted by molar-refractivity contribution is 7.25. The maximum absolute atomic E-state index is 6.76. The average Bonchev–Trinajstić information content (AvgIpc) is 3.94. The summed E-state index contributed by atoms with van der Waals surface area (Å²) < 4.78 is 15.4. The molecule has 0 bridgehead atoms. The highest BCUT2D eigenvalue weighted by Crippen LogP contribution is 2.42. The lowest BCUT2D eigenvalue weighted by molar-refractivity contribution is 0.667. The third kappa shape index (κ3) is 4.78. The van der Waals surface area contributed by atoms with Crippen molar-refractivity contribution in [3.05, 3.63) is 180 Å². The summed E-state index contributed by atoms with van der Waals surface area (Å²) in [5, 5.41) is 12.8. The lowest BCUT2D eigenvalue weighted by Gasteiger charge is -2.23. The molecule has 0 saturated heterocycles. The second-order valence-corrected chi connectivity index (χ2v) is 15.2. The van der Waals surface area contributed by atoms with Crippen LogP contribution >= 0.6 is 11.3 Å². The first kappa shape index (κ1) is 30.4. The summed E-state index contributed by atoms with van der Waals surface area (Å²) >= 11 is 1.81. The molecule has 1 unspecified atom stereocenters. The van der Waals surface area contributed by atoms with Gasteiger partial charge in [0.2, 0.25) is 0 Å². The van der Waals surface area contributed by atoms with Gasteiger partial charge < -0.3 is 14.2 Å². The van der Waals surface area contributed by atoms with Gasteiger partial charge in [0.15, 0.2) is 6.17 Å². The van der Waals surface area contributed by atoms with Crippen LogP contribution in [0.4, 0.5) is 0 Å². The van der Waals surface area contributed by atoms with Gasteiger partial charge in [-0.15, -0.1) is 11.3 Å². The first-order chi connectivity index (χ1) is 27.2. The molecule has 0 radical (unpaired) electrons. The average molecular weight is 724 g/mol. The first-order valence-corrected chi connectivity index (χ1v) is 19.2. The molecule has 0 aliphatic carbocycles. The number of hydrogen-bond acceptors (Lipinski definition) is 6. The van der Waals surface area contributed by atoms with Gasteiger partial charge in [-0.2, -0.15) is 0 Å². The Bertz CT molecular complexity index is 3440. The van der Waals surface area contributed by atoms with Crippen LogP contribution in [0.2, 0.25) is 0 Å². The van der Waals surface area contributed by atoms with Crippen LogP contribution in [0.1, 0.15) is 22.9 Å². The fourth-order valence-corrected chi connectivity index (χ4v) is 9.45. The molecule has 8 aromatic carbocycles. The predicted molar refractivity (Wildman–Crippen MR) is 229 cm³/mol. The van der Waals surface area contributed by atoms with E-state index < -0.39 is 6.17 Å². The SMILES string of the molecule is c1ccc2cc(C3=NC(c4cccc5oc6c(-c7ccc8oc9ccccc9c8c7)cccc6c45)N=C(c4ccc5c(c4)sc4ccccc45)N3)ccc2c1. The number of benzene rings is 8. The Morgan fingerprint density at radius 3 is 2.07 bits per heavy atom. The van der Waals surface area contributed by atoms with Crippen LogP contribution in [0.3, 0.4) is 0 Å².